The topological polar surface area (TPSA) is 0 Å². The van der Waals surface area contributed by atoms with E-state index in [2.05, 4.69) is 0 Å². The molecule has 0 unspecified atom stereocenters. The Bertz CT molecular complexity index is 661. The molecule has 0 aromatic heterocycles. The van der Waals surface area contributed by atoms with E-state index in [1.165, 1.54) is 0 Å². The number of hydrogen-bond donors (Lipinski definition) is 0. The van der Waals surface area contributed by atoms with Crippen molar-refractivity contribution in [1.82, 2.24) is 0 Å². The van der Waals surface area contributed by atoms with E-state index < -0.39 is 19.1 Å². The summed E-state index contributed by atoms with van der Waals surface area (Å²) in [6.45, 7) is -2.55. The standard InChI is InChI=1S/C15H14/c1-11-10-12-6-2-3-8-14(12)15-9-5-4-7-13(11)15/h2-9,11H,10H2,1H3/t11-/m0/s1/i1D3,10D,11D/t10-,11-. The van der Waals surface area contributed by atoms with Gasteiger partial charge in [0.1, 0.15) is 0 Å². The molecule has 1 aliphatic carbocycles. The minimum absolute atomic E-state index is 0.415. The summed E-state index contributed by atoms with van der Waals surface area (Å²) in [6, 6.07) is 14.3. The molecule has 0 amide bonds. The van der Waals surface area contributed by atoms with E-state index in [1.54, 1.807) is 24.3 Å². The third kappa shape index (κ3) is 1.29. The van der Waals surface area contributed by atoms with Gasteiger partial charge >= 0.3 is 0 Å². The average molecular weight is 199 g/mol. The molecule has 0 N–H and O–H groups in total. The predicted octanol–water partition coefficient (Wildman–Crippen LogP) is 4.01. The van der Waals surface area contributed by atoms with Gasteiger partial charge < -0.3 is 0 Å². The average Bonchev–Trinajstić information content (AvgIpc) is 2.43. The molecule has 2 aromatic carbocycles. The molecule has 0 radical (unpaired) electrons. The van der Waals surface area contributed by atoms with Crippen molar-refractivity contribution in [3.05, 3.63) is 59.7 Å². The van der Waals surface area contributed by atoms with Gasteiger partial charge in [0.15, 0.2) is 0 Å². The van der Waals surface area contributed by atoms with Crippen LogP contribution in [0.5, 0.6) is 0 Å². The normalized spacial score (nSPS) is 33.6. The van der Waals surface area contributed by atoms with E-state index in [4.69, 9.17) is 6.85 Å². The van der Waals surface area contributed by atoms with Crippen LogP contribution in [0, 0.1) is 0 Å². The third-order valence-electron chi connectivity index (χ3n) is 2.77. The minimum atomic E-state index is -2.55. The lowest BCUT2D eigenvalue weighted by molar-refractivity contribution is 0.749. The SMILES string of the molecule is [2H][C@@H]1c2ccccc2-c2ccccc2[C@@]1([2H])C([2H])([2H])[2H]. The highest BCUT2D eigenvalue weighted by molar-refractivity contribution is 5.73. The summed E-state index contributed by atoms with van der Waals surface area (Å²) in [4.78, 5) is 0. The molecule has 0 heterocycles. The molecule has 0 aliphatic heterocycles. The van der Waals surface area contributed by atoms with Crippen molar-refractivity contribution in [3.63, 3.8) is 0 Å². The first-order valence-electron chi connectivity index (χ1n) is 7.56. The van der Waals surface area contributed by atoms with Crippen LogP contribution in [0.15, 0.2) is 48.5 Å². The summed E-state index contributed by atoms with van der Waals surface area (Å²) in [5.41, 5.74) is 2.63. The smallest absolute Gasteiger partial charge is 0.0353 e. The Balaban J connectivity index is 2.38. The molecular formula is C15H14. The molecule has 74 valence electrons. The number of rotatable bonds is 0. The Labute approximate surface area is 97.6 Å². The van der Waals surface area contributed by atoms with Gasteiger partial charge in [0.25, 0.3) is 0 Å². The van der Waals surface area contributed by atoms with E-state index in [-0.39, 0.29) is 0 Å². The van der Waals surface area contributed by atoms with Crippen molar-refractivity contribution in [2.75, 3.05) is 0 Å². The Hall–Kier alpha value is -1.56. The zero-order chi connectivity index (χ0) is 14.5. The van der Waals surface area contributed by atoms with Gasteiger partial charge in [0, 0.05) is 6.85 Å². The second kappa shape index (κ2) is 3.23. The van der Waals surface area contributed by atoms with Crippen molar-refractivity contribution >= 4 is 0 Å². The Morgan fingerprint density at radius 1 is 1.13 bits per heavy atom. The van der Waals surface area contributed by atoms with Gasteiger partial charge in [-0.2, -0.15) is 0 Å². The fourth-order valence-electron chi connectivity index (χ4n) is 2.05. The lowest BCUT2D eigenvalue weighted by atomic mass is 9.80. The molecular weight excluding hydrogens is 180 g/mol. The largest absolute Gasteiger partial charge is 0.0620 e. The highest BCUT2D eigenvalue weighted by Gasteiger charge is 2.19. The molecule has 0 spiro atoms. The van der Waals surface area contributed by atoms with Crippen LogP contribution >= 0.6 is 0 Å². The van der Waals surface area contributed by atoms with Gasteiger partial charge in [-0.3, -0.25) is 0 Å². The molecule has 15 heavy (non-hydrogen) atoms. The second-order valence-corrected chi connectivity index (χ2v) is 3.69. The van der Waals surface area contributed by atoms with Gasteiger partial charge in [0.2, 0.25) is 0 Å². The van der Waals surface area contributed by atoms with Gasteiger partial charge in [-0.05, 0) is 34.5 Å². The molecule has 0 heteroatoms. The highest BCUT2D eigenvalue weighted by atomic mass is 14.2. The molecule has 0 saturated carbocycles. The van der Waals surface area contributed by atoms with Crippen LogP contribution in [0.3, 0.4) is 0 Å². The molecule has 0 saturated heterocycles. The summed E-state index contributed by atoms with van der Waals surface area (Å²) >= 11 is 0. The first-order chi connectivity index (χ1) is 9.37. The monoisotopic (exact) mass is 199 g/mol. The van der Waals surface area contributed by atoms with Crippen LogP contribution < -0.4 is 0 Å². The molecule has 3 rings (SSSR count). The van der Waals surface area contributed by atoms with Crippen molar-refractivity contribution in [2.24, 2.45) is 0 Å². The van der Waals surface area contributed by atoms with Gasteiger partial charge in [-0.15, -0.1) is 0 Å². The number of hydrogen-bond acceptors (Lipinski definition) is 0. The first kappa shape index (κ1) is 4.98. The molecule has 1 aliphatic rings. The van der Waals surface area contributed by atoms with Crippen LogP contribution in [0.4, 0.5) is 0 Å². The van der Waals surface area contributed by atoms with Crippen LogP contribution in [0.25, 0.3) is 11.1 Å². The van der Waals surface area contributed by atoms with E-state index in [0.29, 0.717) is 11.1 Å². The maximum Gasteiger partial charge on any atom is 0.0353 e. The van der Waals surface area contributed by atoms with Gasteiger partial charge in [0.05, 0.1) is 0 Å². The summed E-state index contributed by atoms with van der Waals surface area (Å²) in [6.07, 6.45) is -1.12. The van der Waals surface area contributed by atoms with E-state index >= 15 is 0 Å². The zero-order valence-electron chi connectivity index (χ0n) is 13.2. The quantitative estimate of drug-likeness (QED) is 0.601. The molecule has 0 bridgehead atoms. The number of fused-ring (bicyclic) bond motifs is 3. The fraction of sp³-hybridized carbons (Fsp3) is 0.200. The maximum atomic E-state index is 8.54. The summed E-state index contributed by atoms with van der Waals surface area (Å²) in [5, 5.41) is 0. The third-order valence-corrected chi connectivity index (χ3v) is 2.77. The van der Waals surface area contributed by atoms with Gasteiger partial charge in [-0.25, -0.2) is 0 Å². The lowest BCUT2D eigenvalue weighted by Crippen LogP contribution is -2.07. The second-order valence-electron chi connectivity index (χ2n) is 3.69. The molecule has 0 nitrogen and oxygen atoms in total. The summed E-state index contributed by atoms with van der Waals surface area (Å²) in [7, 11) is 0. The summed E-state index contributed by atoms with van der Waals surface area (Å²) in [5.74, 6) is -1.93. The van der Waals surface area contributed by atoms with Crippen LogP contribution in [-0.2, 0) is 6.40 Å². The van der Waals surface area contributed by atoms with E-state index in [0.717, 1.165) is 11.1 Å². The fourth-order valence-corrected chi connectivity index (χ4v) is 2.05. The predicted molar refractivity (Wildman–Crippen MR) is 64.0 cm³/mol. The van der Waals surface area contributed by atoms with Crippen LogP contribution in [-0.4, -0.2) is 0 Å². The maximum absolute atomic E-state index is 8.54. The molecule has 0 fully saturated rings. The zero-order valence-corrected chi connectivity index (χ0v) is 8.20. The summed E-state index contributed by atoms with van der Waals surface area (Å²) < 4.78 is 40.1. The van der Waals surface area contributed by atoms with E-state index in [1.807, 2.05) is 24.3 Å². The van der Waals surface area contributed by atoms with Crippen molar-refractivity contribution < 1.29 is 6.85 Å². The Kier molecular flexibility index (Phi) is 1.07. The molecule has 2 atom stereocenters. The lowest BCUT2D eigenvalue weighted by Gasteiger charge is -2.24. The minimum Gasteiger partial charge on any atom is -0.0620 e. The Morgan fingerprint density at radius 2 is 1.87 bits per heavy atom. The first-order valence-corrected chi connectivity index (χ1v) is 4.98. The van der Waals surface area contributed by atoms with Crippen LogP contribution in [0.2, 0.25) is 0 Å². The number of benzene rings is 2. The van der Waals surface area contributed by atoms with Crippen molar-refractivity contribution in [1.29, 1.82) is 0 Å². The molecule has 2 aromatic rings. The van der Waals surface area contributed by atoms with Gasteiger partial charge in [-0.1, -0.05) is 55.4 Å². The van der Waals surface area contributed by atoms with E-state index in [9.17, 15) is 0 Å². The van der Waals surface area contributed by atoms with Crippen molar-refractivity contribution in [3.8, 4) is 11.1 Å². The van der Waals surface area contributed by atoms with Crippen LogP contribution in [0.1, 0.15) is 30.7 Å². The highest BCUT2D eigenvalue weighted by Crippen LogP contribution is 2.38. The Morgan fingerprint density at radius 3 is 2.73 bits per heavy atom. The van der Waals surface area contributed by atoms with Crippen molar-refractivity contribution in [2.45, 2.75) is 19.1 Å².